The Labute approximate surface area is 165 Å². The van der Waals surface area contributed by atoms with E-state index in [4.69, 9.17) is 9.15 Å². The molecule has 0 bridgehead atoms. The normalized spacial score (nSPS) is 23.2. The number of carbonyl (C=O) groups is 2. The third kappa shape index (κ3) is 3.28. The minimum atomic E-state index is -0.261. The lowest BCUT2D eigenvalue weighted by atomic mass is 9.98. The smallest absolute Gasteiger partial charge is 0.411 e. The first-order valence-electron chi connectivity index (χ1n) is 9.86. The SMILES string of the molecule is Cc1cc(C(=O)N2CCC(N3C(=O)O[C@@H](c4ccccc4)[C@H]3C)CC2)oc1C. The number of hydrogen-bond acceptors (Lipinski definition) is 4. The second-order valence-corrected chi connectivity index (χ2v) is 7.74. The number of ether oxygens (including phenoxy) is 1. The van der Waals surface area contributed by atoms with Gasteiger partial charge in [0.2, 0.25) is 0 Å². The van der Waals surface area contributed by atoms with E-state index in [9.17, 15) is 9.59 Å². The van der Waals surface area contributed by atoms with Gasteiger partial charge in [-0.3, -0.25) is 9.69 Å². The molecule has 2 atom stereocenters. The lowest BCUT2D eigenvalue weighted by Crippen LogP contribution is -2.49. The molecule has 0 spiro atoms. The maximum atomic E-state index is 12.7. The van der Waals surface area contributed by atoms with Gasteiger partial charge in [0.1, 0.15) is 11.9 Å². The third-order valence-corrected chi connectivity index (χ3v) is 5.97. The lowest BCUT2D eigenvalue weighted by Gasteiger charge is -2.37. The van der Waals surface area contributed by atoms with E-state index in [0.717, 1.165) is 29.7 Å². The summed E-state index contributed by atoms with van der Waals surface area (Å²) in [5.74, 6) is 1.10. The maximum Gasteiger partial charge on any atom is 0.411 e. The molecule has 148 valence electrons. The molecule has 0 unspecified atom stereocenters. The Balaban J connectivity index is 1.41. The van der Waals surface area contributed by atoms with E-state index in [0.29, 0.717) is 18.8 Å². The first-order chi connectivity index (χ1) is 13.5. The van der Waals surface area contributed by atoms with Crippen LogP contribution < -0.4 is 0 Å². The van der Waals surface area contributed by atoms with Crippen LogP contribution in [0.25, 0.3) is 0 Å². The second kappa shape index (κ2) is 7.34. The molecule has 1 aromatic heterocycles. The molecule has 0 N–H and O–H groups in total. The highest BCUT2D eigenvalue weighted by atomic mass is 16.6. The summed E-state index contributed by atoms with van der Waals surface area (Å²) in [6, 6.07) is 11.7. The molecule has 2 aliphatic heterocycles. The van der Waals surface area contributed by atoms with E-state index in [2.05, 4.69) is 0 Å². The summed E-state index contributed by atoms with van der Waals surface area (Å²) in [6.07, 6.45) is 0.974. The zero-order chi connectivity index (χ0) is 19.8. The molecule has 2 amide bonds. The molecule has 28 heavy (non-hydrogen) atoms. The fourth-order valence-electron chi connectivity index (χ4n) is 4.23. The van der Waals surface area contributed by atoms with Crippen molar-refractivity contribution >= 4 is 12.0 Å². The Bertz CT molecular complexity index is 848. The van der Waals surface area contributed by atoms with Crippen molar-refractivity contribution in [1.29, 1.82) is 0 Å². The quantitative estimate of drug-likeness (QED) is 0.802. The predicted octanol–water partition coefficient (Wildman–Crippen LogP) is 4.08. The number of benzene rings is 1. The van der Waals surface area contributed by atoms with Crippen molar-refractivity contribution in [2.45, 2.75) is 51.8 Å². The number of nitrogens with zero attached hydrogens (tertiary/aromatic N) is 2. The fourth-order valence-corrected chi connectivity index (χ4v) is 4.23. The van der Waals surface area contributed by atoms with Gasteiger partial charge in [-0.05, 0) is 50.8 Å². The van der Waals surface area contributed by atoms with Gasteiger partial charge in [0.15, 0.2) is 5.76 Å². The second-order valence-electron chi connectivity index (χ2n) is 7.74. The zero-order valence-corrected chi connectivity index (χ0v) is 16.6. The average molecular weight is 382 g/mol. The van der Waals surface area contributed by atoms with E-state index in [1.54, 1.807) is 6.07 Å². The standard InChI is InChI=1S/C22H26N2O4/c1-14-13-19(27-16(14)3)21(25)23-11-9-18(10-12-23)24-15(2)20(28-22(24)26)17-7-5-4-6-8-17/h4-8,13,15,18,20H,9-12H2,1-3H3/t15-,20-/m1/s1. The molecule has 0 saturated carbocycles. The number of hydrogen-bond donors (Lipinski definition) is 0. The minimum absolute atomic E-state index is 0.0301. The van der Waals surface area contributed by atoms with Gasteiger partial charge in [-0.1, -0.05) is 30.3 Å². The van der Waals surface area contributed by atoms with Crippen LogP contribution in [0.4, 0.5) is 4.79 Å². The molecule has 2 fully saturated rings. The first-order valence-corrected chi connectivity index (χ1v) is 9.86. The van der Waals surface area contributed by atoms with Crippen molar-refractivity contribution < 1.29 is 18.7 Å². The molecular formula is C22H26N2O4. The summed E-state index contributed by atoms with van der Waals surface area (Å²) < 4.78 is 11.3. The van der Waals surface area contributed by atoms with Crippen LogP contribution in [0.1, 0.15) is 53.3 Å². The Hall–Kier alpha value is -2.76. The van der Waals surface area contributed by atoms with E-state index in [1.807, 2.05) is 60.9 Å². The van der Waals surface area contributed by atoms with Crippen LogP contribution in [0.15, 0.2) is 40.8 Å². The highest BCUT2D eigenvalue weighted by molar-refractivity contribution is 5.91. The van der Waals surface area contributed by atoms with Gasteiger partial charge in [0.25, 0.3) is 5.91 Å². The van der Waals surface area contributed by atoms with Crippen molar-refractivity contribution in [1.82, 2.24) is 9.80 Å². The molecule has 4 rings (SSSR count). The van der Waals surface area contributed by atoms with Gasteiger partial charge in [-0.25, -0.2) is 4.79 Å². The molecule has 0 aliphatic carbocycles. The zero-order valence-electron chi connectivity index (χ0n) is 16.6. The summed E-state index contributed by atoms with van der Waals surface area (Å²) in [4.78, 5) is 28.9. The third-order valence-electron chi connectivity index (χ3n) is 5.97. The number of amides is 2. The number of piperidine rings is 1. The lowest BCUT2D eigenvalue weighted by molar-refractivity contribution is 0.0609. The van der Waals surface area contributed by atoms with Crippen molar-refractivity contribution in [3.8, 4) is 0 Å². The van der Waals surface area contributed by atoms with E-state index >= 15 is 0 Å². The topological polar surface area (TPSA) is 63.0 Å². The van der Waals surface area contributed by atoms with E-state index < -0.39 is 0 Å². The highest BCUT2D eigenvalue weighted by Gasteiger charge is 2.44. The summed E-state index contributed by atoms with van der Waals surface area (Å²) >= 11 is 0. The Morgan fingerprint density at radius 3 is 2.39 bits per heavy atom. The van der Waals surface area contributed by atoms with Crippen LogP contribution in [0.3, 0.4) is 0 Å². The molecular weight excluding hydrogens is 356 g/mol. The Morgan fingerprint density at radius 2 is 1.79 bits per heavy atom. The molecule has 3 heterocycles. The van der Waals surface area contributed by atoms with Gasteiger partial charge in [-0.2, -0.15) is 0 Å². The Kier molecular flexibility index (Phi) is 4.87. The number of carbonyl (C=O) groups excluding carboxylic acids is 2. The minimum Gasteiger partial charge on any atom is -0.456 e. The van der Waals surface area contributed by atoms with Crippen molar-refractivity contribution in [3.05, 3.63) is 59.0 Å². The monoisotopic (exact) mass is 382 g/mol. The maximum absolute atomic E-state index is 12.7. The number of aryl methyl sites for hydroxylation is 2. The molecule has 2 saturated heterocycles. The van der Waals surface area contributed by atoms with Crippen molar-refractivity contribution in [2.24, 2.45) is 0 Å². The van der Waals surface area contributed by atoms with Crippen LogP contribution in [0.5, 0.6) is 0 Å². The molecule has 6 nitrogen and oxygen atoms in total. The molecule has 6 heteroatoms. The predicted molar refractivity (Wildman–Crippen MR) is 104 cm³/mol. The Morgan fingerprint density at radius 1 is 1.11 bits per heavy atom. The van der Waals surface area contributed by atoms with Crippen molar-refractivity contribution in [2.75, 3.05) is 13.1 Å². The number of likely N-dealkylation sites (tertiary alicyclic amines) is 1. The molecule has 2 aromatic rings. The number of cyclic esters (lactones) is 1. The molecule has 2 aliphatic rings. The summed E-state index contributed by atoms with van der Waals surface area (Å²) in [5, 5.41) is 0. The van der Waals surface area contributed by atoms with Gasteiger partial charge >= 0.3 is 6.09 Å². The van der Waals surface area contributed by atoms with Gasteiger partial charge in [0.05, 0.1) is 6.04 Å². The average Bonchev–Trinajstić information content (AvgIpc) is 3.20. The molecule has 0 radical (unpaired) electrons. The van der Waals surface area contributed by atoms with Crippen LogP contribution in [0.2, 0.25) is 0 Å². The van der Waals surface area contributed by atoms with Gasteiger partial charge < -0.3 is 14.1 Å². The number of rotatable bonds is 3. The largest absolute Gasteiger partial charge is 0.456 e. The number of furan rings is 1. The summed E-state index contributed by atoms with van der Waals surface area (Å²) in [7, 11) is 0. The van der Waals surface area contributed by atoms with E-state index in [-0.39, 0.29) is 30.2 Å². The molecule has 1 aromatic carbocycles. The van der Waals surface area contributed by atoms with Crippen LogP contribution >= 0.6 is 0 Å². The summed E-state index contributed by atoms with van der Waals surface area (Å²) in [6.45, 7) is 7.05. The van der Waals surface area contributed by atoms with E-state index in [1.165, 1.54) is 0 Å². The van der Waals surface area contributed by atoms with Crippen molar-refractivity contribution in [3.63, 3.8) is 0 Å². The van der Waals surface area contributed by atoms with Crippen LogP contribution in [0, 0.1) is 13.8 Å². The van der Waals surface area contributed by atoms with Gasteiger partial charge in [0, 0.05) is 19.1 Å². The highest BCUT2D eigenvalue weighted by Crippen LogP contribution is 2.35. The van der Waals surface area contributed by atoms with Crippen LogP contribution in [-0.2, 0) is 4.74 Å². The summed E-state index contributed by atoms with van der Waals surface area (Å²) in [5.41, 5.74) is 2.00. The van der Waals surface area contributed by atoms with Gasteiger partial charge in [-0.15, -0.1) is 0 Å². The van der Waals surface area contributed by atoms with Crippen LogP contribution in [-0.4, -0.2) is 47.0 Å². The first kappa shape index (κ1) is 18.6. The fraction of sp³-hybridized carbons (Fsp3) is 0.455.